The Balaban J connectivity index is 1.93. The molecule has 2 rings (SSSR count). The topological polar surface area (TPSA) is 168 Å². The van der Waals surface area contributed by atoms with Gasteiger partial charge in [0.15, 0.2) is 11.9 Å². The number of carbonyl (C=O) groups is 5. The van der Waals surface area contributed by atoms with Crippen molar-refractivity contribution in [3.8, 4) is 0 Å². The zero-order valence-electron chi connectivity index (χ0n) is 36.4. The van der Waals surface area contributed by atoms with Gasteiger partial charge in [0.2, 0.25) is 0 Å². The molecule has 11 nitrogen and oxygen atoms in total. The van der Waals surface area contributed by atoms with Gasteiger partial charge < -0.3 is 30.3 Å². The van der Waals surface area contributed by atoms with Crippen LogP contribution in [0.4, 0.5) is 9.59 Å². The second-order valence-corrected chi connectivity index (χ2v) is 16.5. The molecule has 2 aliphatic rings. The van der Waals surface area contributed by atoms with E-state index in [1.165, 1.54) is 5.57 Å². The highest BCUT2D eigenvalue weighted by Gasteiger charge is 2.40. The zero-order valence-corrected chi connectivity index (χ0v) is 36.4. The number of Topliss-reactive ketones (excluding diaryl/α,β-unsaturated/α-hetero) is 1. The van der Waals surface area contributed by atoms with Gasteiger partial charge in [-0.05, 0) is 75.5 Å². The lowest BCUT2D eigenvalue weighted by Crippen LogP contribution is -2.41. The molecule has 0 fully saturated rings. The van der Waals surface area contributed by atoms with Crippen molar-refractivity contribution in [1.82, 2.24) is 10.6 Å². The normalized spacial score (nSPS) is 20.7. The Bertz CT molecular complexity index is 1920. The van der Waals surface area contributed by atoms with E-state index in [4.69, 9.17) is 19.7 Å². The van der Waals surface area contributed by atoms with Crippen molar-refractivity contribution in [2.75, 3.05) is 13.1 Å². The van der Waals surface area contributed by atoms with Gasteiger partial charge in [-0.2, -0.15) is 0 Å². The molecule has 2 amide bonds. The predicted molar refractivity (Wildman–Crippen MR) is 234 cm³/mol. The van der Waals surface area contributed by atoms with E-state index in [2.05, 4.69) is 62.6 Å². The van der Waals surface area contributed by atoms with Gasteiger partial charge in [-0.15, -0.1) is 0 Å². The number of alkyl carbamates (subject to hydrolysis) is 2. The van der Waals surface area contributed by atoms with Crippen molar-refractivity contribution in [2.45, 2.75) is 114 Å². The summed E-state index contributed by atoms with van der Waals surface area (Å²) in [7, 11) is 0. The first kappa shape index (κ1) is 49.4. The van der Waals surface area contributed by atoms with Gasteiger partial charge in [0, 0.05) is 25.9 Å². The van der Waals surface area contributed by atoms with Crippen molar-refractivity contribution < 1.29 is 43.7 Å². The molecule has 59 heavy (non-hydrogen) atoms. The monoisotopic (exact) mass is 812 g/mol. The third kappa shape index (κ3) is 18.2. The van der Waals surface area contributed by atoms with Crippen molar-refractivity contribution >= 4 is 29.9 Å². The molecule has 2 aliphatic carbocycles. The van der Waals surface area contributed by atoms with E-state index in [1.54, 1.807) is 6.92 Å². The van der Waals surface area contributed by atoms with Gasteiger partial charge in [-0.25, -0.2) is 9.59 Å². The Kier molecular flexibility index (Phi) is 19.8. The number of ether oxygens (including phenoxy) is 2. The number of carbonyl (C=O) groups excluding carboxylic acids is 3. The highest BCUT2D eigenvalue weighted by Crippen LogP contribution is 2.42. The third-order valence-corrected chi connectivity index (χ3v) is 9.98. The molecule has 0 heterocycles. The number of rotatable bonds is 18. The second-order valence-electron chi connectivity index (χ2n) is 16.5. The van der Waals surface area contributed by atoms with Crippen molar-refractivity contribution in [1.29, 1.82) is 0 Å². The van der Waals surface area contributed by atoms with Crippen molar-refractivity contribution in [2.24, 2.45) is 10.8 Å². The van der Waals surface area contributed by atoms with E-state index in [-0.39, 0.29) is 43.2 Å². The summed E-state index contributed by atoms with van der Waals surface area (Å²) >= 11 is 0. The van der Waals surface area contributed by atoms with E-state index in [0.29, 0.717) is 24.8 Å². The minimum Gasteiger partial charge on any atom is -0.481 e. The molecule has 0 aromatic rings. The number of amides is 2. The van der Waals surface area contributed by atoms with E-state index < -0.39 is 35.6 Å². The van der Waals surface area contributed by atoms with Gasteiger partial charge in [0.05, 0.1) is 12.8 Å². The number of carboxylic acids is 2. The van der Waals surface area contributed by atoms with Crippen LogP contribution < -0.4 is 10.6 Å². The Hall–Kier alpha value is -5.71. The van der Waals surface area contributed by atoms with Gasteiger partial charge >= 0.3 is 24.1 Å². The summed E-state index contributed by atoms with van der Waals surface area (Å²) in [6, 6.07) is 0. The number of aliphatic carboxylic acids is 2. The summed E-state index contributed by atoms with van der Waals surface area (Å²) in [4.78, 5) is 58.7. The Morgan fingerprint density at radius 1 is 0.644 bits per heavy atom. The van der Waals surface area contributed by atoms with E-state index in [9.17, 15) is 24.0 Å². The van der Waals surface area contributed by atoms with Gasteiger partial charge in [-0.1, -0.05) is 141 Å². The van der Waals surface area contributed by atoms with E-state index in [0.717, 1.165) is 33.4 Å². The maximum Gasteiger partial charge on any atom is 0.407 e. The van der Waals surface area contributed by atoms with Crippen LogP contribution in [0.3, 0.4) is 0 Å². The third-order valence-electron chi connectivity index (χ3n) is 9.98. The molecule has 0 aromatic carbocycles. The molecule has 0 saturated carbocycles. The summed E-state index contributed by atoms with van der Waals surface area (Å²) in [6.45, 7) is 20.1. The lowest BCUT2D eigenvalue weighted by molar-refractivity contribution is -0.137. The number of hydrogen-bond donors (Lipinski definition) is 4. The summed E-state index contributed by atoms with van der Waals surface area (Å²) in [6.07, 6.45) is 27.0. The molecule has 0 saturated heterocycles. The lowest BCUT2D eigenvalue weighted by atomic mass is 9.71. The molecule has 0 aliphatic heterocycles. The van der Waals surface area contributed by atoms with E-state index in [1.807, 2.05) is 95.4 Å². The molecule has 0 spiro atoms. The first-order valence-corrected chi connectivity index (χ1v) is 20.0. The Morgan fingerprint density at radius 3 is 1.54 bits per heavy atom. The highest BCUT2D eigenvalue weighted by atomic mass is 16.6. The zero-order chi connectivity index (χ0) is 44.3. The smallest absolute Gasteiger partial charge is 0.407 e. The summed E-state index contributed by atoms with van der Waals surface area (Å²) in [5.41, 5.74) is 7.44. The fourth-order valence-corrected chi connectivity index (χ4v) is 6.90. The molecule has 11 heteroatoms. The first-order valence-electron chi connectivity index (χ1n) is 20.0. The lowest BCUT2D eigenvalue weighted by Gasteiger charge is -2.37. The number of allylic oxidation sites excluding steroid dienone is 20. The quantitative estimate of drug-likeness (QED) is 0.0985. The van der Waals surface area contributed by atoms with Crippen molar-refractivity contribution in [3.05, 3.63) is 130 Å². The summed E-state index contributed by atoms with van der Waals surface area (Å²) in [5, 5.41) is 22.4. The summed E-state index contributed by atoms with van der Waals surface area (Å²) < 4.78 is 10.9. The molecule has 2 unspecified atom stereocenters. The summed E-state index contributed by atoms with van der Waals surface area (Å²) in [5.74, 6) is -2.27. The molecular weight excluding hydrogens is 749 g/mol. The van der Waals surface area contributed by atoms with Gasteiger partial charge in [-0.3, -0.25) is 14.4 Å². The predicted octanol–water partition coefficient (Wildman–Crippen LogP) is 10.1. The average Bonchev–Trinajstić information content (AvgIpc) is 3.11. The maximum absolute atomic E-state index is 13.0. The minimum atomic E-state index is -1.03. The van der Waals surface area contributed by atoms with Crippen LogP contribution in [0.2, 0.25) is 0 Å². The molecule has 0 aromatic heterocycles. The van der Waals surface area contributed by atoms with Crippen LogP contribution in [-0.4, -0.2) is 65.4 Å². The van der Waals surface area contributed by atoms with Crippen LogP contribution in [0.25, 0.3) is 0 Å². The largest absolute Gasteiger partial charge is 0.481 e. The fourth-order valence-electron chi connectivity index (χ4n) is 6.90. The second kappa shape index (κ2) is 23.6. The molecule has 0 radical (unpaired) electrons. The Labute approximate surface area is 350 Å². The van der Waals surface area contributed by atoms with E-state index >= 15 is 0 Å². The average molecular weight is 813 g/mol. The maximum atomic E-state index is 13.0. The van der Waals surface area contributed by atoms with Crippen LogP contribution in [0, 0.1) is 10.8 Å². The molecule has 0 bridgehead atoms. The molecule has 320 valence electrons. The van der Waals surface area contributed by atoms with Crippen LogP contribution in [0.1, 0.15) is 101 Å². The van der Waals surface area contributed by atoms with Gasteiger partial charge in [0.1, 0.15) is 6.10 Å². The van der Waals surface area contributed by atoms with Gasteiger partial charge in [0.25, 0.3) is 0 Å². The van der Waals surface area contributed by atoms with Crippen LogP contribution in [-0.2, 0) is 23.9 Å². The number of nitrogens with one attached hydrogen (secondary N) is 2. The number of hydrogen-bond acceptors (Lipinski definition) is 7. The molecule has 4 N–H and O–H groups in total. The minimum absolute atomic E-state index is 0.0363. The Morgan fingerprint density at radius 2 is 1.07 bits per heavy atom. The van der Waals surface area contributed by atoms with Crippen LogP contribution >= 0.6 is 0 Å². The van der Waals surface area contributed by atoms with Crippen LogP contribution in [0.5, 0.6) is 0 Å². The molecular formula is C48H64N2O9. The SMILES string of the molecule is CC1=C(/C=C/C(C)=C/C=C/C(C)=C/C=C/C=C(C)/C=C/C=C(C)/C=C/C2=C(C)C(=O)C(OC(=O)NCCC(=O)O)CC2(C)C)C(C)(C)CC(OC(=O)NCCC(=O)O)C1. The van der Waals surface area contributed by atoms with Crippen molar-refractivity contribution in [3.63, 3.8) is 0 Å². The molecule has 2 atom stereocenters. The van der Waals surface area contributed by atoms with Crippen LogP contribution in [0.15, 0.2) is 130 Å². The fraction of sp³-hybridized carbons (Fsp3) is 0.438. The number of ketones is 1. The highest BCUT2D eigenvalue weighted by molar-refractivity contribution is 6.01. The number of carboxylic acid groups (broad SMARTS) is 2. The first-order chi connectivity index (χ1) is 27.6. The standard InChI is InChI=1S/C48H64N2O9/c1-32(17-13-19-34(3)21-23-39-36(5)29-38(30-47(39,7)8)58-45(56)49-27-25-42(51)52)15-11-12-16-33(2)18-14-20-35(4)22-24-40-37(6)44(55)41(31-48(40,9)10)59-46(57)50-28-26-43(53)54/h11-24,38,41H,25-31H2,1-10H3,(H,49,56)(H,50,57)(H,51,52)(H,53,54)/b12-11+,17-13+,18-14+,23-21+,24-22+,32-15+,33-16+,34-19+,35-20+.